The van der Waals surface area contributed by atoms with Crippen LogP contribution in [0.15, 0.2) is 18.2 Å². The number of amides is 1. The number of nitrogen functional groups attached to an aromatic ring is 1. The summed E-state index contributed by atoms with van der Waals surface area (Å²) in [6.07, 6.45) is 0.944. The Hall–Kier alpha value is -1.22. The number of nitrogens with one attached hydrogen (secondary N) is 1. The first kappa shape index (κ1) is 13.8. The number of nitrogens with two attached hydrogens (primary N) is 1. The zero-order valence-electron chi connectivity index (χ0n) is 10.5. The highest BCUT2D eigenvalue weighted by Gasteiger charge is 2.13. The maximum atomic E-state index is 11.9. The molecule has 0 heterocycles. The van der Waals surface area contributed by atoms with E-state index in [9.17, 15) is 4.79 Å². The van der Waals surface area contributed by atoms with Gasteiger partial charge < -0.3 is 11.1 Å². The Kier molecular flexibility index (Phi) is 4.82. The van der Waals surface area contributed by atoms with Gasteiger partial charge in [0.15, 0.2) is 0 Å². The summed E-state index contributed by atoms with van der Waals surface area (Å²) in [7, 11) is 0. The lowest BCUT2D eigenvalue weighted by atomic mass is 10.0. The maximum absolute atomic E-state index is 11.9. The summed E-state index contributed by atoms with van der Waals surface area (Å²) in [4.78, 5) is 11.9. The molecule has 0 radical (unpaired) electrons. The van der Waals surface area contributed by atoms with E-state index in [1.54, 1.807) is 18.2 Å². The molecule has 0 saturated heterocycles. The van der Waals surface area contributed by atoms with Gasteiger partial charge in [-0.15, -0.1) is 0 Å². The van der Waals surface area contributed by atoms with Crippen LogP contribution in [-0.4, -0.2) is 11.9 Å². The number of hydrogen-bond acceptors (Lipinski definition) is 2. The molecule has 0 aliphatic carbocycles. The van der Waals surface area contributed by atoms with Gasteiger partial charge in [0.1, 0.15) is 0 Å². The molecule has 0 aliphatic rings. The Labute approximate surface area is 107 Å². The minimum absolute atomic E-state index is 0.137. The second kappa shape index (κ2) is 5.92. The summed E-state index contributed by atoms with van der Waals surface area (Å²) in [6, 6.07) is 5.04. The topological polar surface area (TPSA) is 55.1 Å². The smallest absolute Gasteiger partial charge is 0.253 e. The fourth-order valence-electron chi connectivity index (χ4n) is 1.81. The monoisotopic (exact) mass is 254 g/mol. The molecule has 0 saturated carbocycles. The van der Waals surface area contributed by atoms with E-state index >= 15 is 0 Å². The number of carbonyl (C=O) groups is 1. The third kappa shape index (κ3) is 4.27. The third-order valence-electron chi connectivity index (χ3n) is 2.46. The van der Waals surface area contributed by atoms with E-state index in [2.05, 4.69) is 19.2 Å². The van der Waals surface area contributed by atoms with Gasteiger partial charge >= 0.3 is 0 Å². The van der Waals surface area contributed by atoms with E-state index in [1.165, 1.54) is 0 Å². The summed E-state index contributed by atoms with van der Waals surface area (Å²) >= 11 is 5.78. The Bertz CT molecular complexity index is 404. The predicted molar refractivity (Wildman–Crippen MR) is 72.2 cm³/mol. The highest BCUT2D eigenvalue weighted by molar-refractivity contribution is 6.31. The van der Waals surface area contributed by atoms with E-state index in [0.717, 1.165) is 6.42 Å². The van der Waals surface area contributed by atoms with E-state index < -0.39 is 0 Å². The minimum atomic E-state index is -0.146. The Balaban J connectivity index is 2.70. The van der Waals surface area contributed by atoms with Crippen LogP contribution in [0.3, 0.4) is 0 Å². The molecule has 0 aliphatic heterocycles. The first-order chi connectivity index (χ1) is 7.90. The van der Waals surface area contributed by atoms with Crippen LogP contribution in [-0.2, 0) is 0 Å². The predicted octanol–water partition coefficient (Wildman–Crippen LogP) is 3.09. The van der Waals surface area contributed by atoms with Crippen molar-refractivity contribution >= 4 is 23.2 Å². The summed E-state index contributed by atoms with van der Waals surface area (Å²) in [5, 5.41) is 3.46. The Morgan fingerprint density at radius 1 is 1.41 bits per heavy atom. The lowest BCUT2D eigenvalue weighted by molar-refractivity contribution is 0.0937. The van der Waals surface area contributed by atoms with Crippen LogP contribution < -0.4 is 11.1 Å². The summed E-state index contributed by atoms with van der Waals surface area (Å²) in [5.41, 5.74) is 6.64. The highest BCUT2D eigenvalue weighted by Crippen LogP contribution is 2.18. The van der Waals surface area contributed by atoms with Gasteiger partial charge in [0, 0.05) is 16.8 Å². The molecule has 0 fully saturated rings. The molecule has 17 heavy (non-hydrogen) atoms. The van der Waals surface area contributed by atoms with Crippen molar-refractivity contribution in [1.82, 2.24) is 5.32 Å². The van der Waals surface area contributed by atoms with E-state index in [4.69, 9.17) is 17.3 Å². The van der Waals surface area contributed by atoms with Gasteiger partial charge in [-0.05, 0) is 37.5 Å². The van der Waals surface area contributed by atoms with Gasteiger partial charge in [0.05, 0.1) is 5.56 Å². The molecule has 0 spiro atoms. The molecule has 0 aromatic heterocycles. The fourth-order valence-corrected chi connectivity index (χ4v) is 1.99. The molecule has 94 valence electrons. The van der Waals surface area contributed by atoms with Gasteiger partial charge in [-0.2, -0.15) is 0 Å². The molecule has 4 heteroatoms. The lowest BCUT2D eigenvalue weighted by Gasteiger charge is -2.16. The molecule has 1 aromatic rings. The second-order valence-electron chi connectivity index (χ2n) is 4.74. The van der Waals surface area contributed by atoms with Crippen molar-refractivity contribution in [3.63, 3.8) is 0 Å². The Morgan fingerprint density at radius 3 is 2.59 bits per heavy atom. The number of halogens is 1. The largest absolute Gasteiger partial charge is 0.398 e. The number of rotatable bonds is 4. The SMILES string of the molecule is CC(C)CC(C)NC(=O)c1ccc(Cl)cc1N. The van der Waals surface area contributed by atoms with Gasteiger partial charge in [-0.1, -0.05) is 25.4 Å². The van der Waals surface area contributed by atoms with E-state index in [-0.39, 0.29) is 11.9 Å². The van der Waals surface area contributed by atoms with Gasteiger partial charge in [-0.3, -0.25) is 4.79 Å². The summed E-state index contributed by atoms with van der Waals surface area (Å²) < 4.78 is 0. The van der Waals surface area contributed by atoms with Gasteiger partial charge in [-0.25, -0.2) is 0 Å². The van der Waals surface area contributed by atoms with Crippen LogP contribution in [0.4, 0.5) is 5.69 Å². The standard InChI is InChI=1S/C13H19ClN2O/c1-8(2)6-9(3)16-13(17)11-5-4-10(14)7-12(11)15/h4-5,7-9H,6,15H2,1-3H3,(H,16,17). The van der Waals surface area contributed by atoms with Crippen LogP contribution in [0.25, 0.3) is 0 Å². The average molecular weight is 255 g/mol. The minimum Gasteiger partial charge on any atom is -0.398 e. The van der Waals surface area contributed by atoms with E-state index in [0.29, 0.717) is 22.2 Å². The quantitative estimate of drug-likeness (QED) is 0.812. The van der Waals surface area contributed by atoms with Crippen LogP contribution in [0, 0.1) is 5.92 Å². The van der Waals surface area contributed by atoms with Crippen molar-refractivity contribution in [3.8, 4) is 0 Å². The molecule has 1 unspecified atom stereocenters. The molecular weight excluding hydrogens is 236 g/mol. The molecule has 1 aromatic carbocycles. The number of anilines is 1. The molecule has 1 rings (SSSR count). The number of hydrogen-bond donors (Lipinski definition) is 2. The zero-order valence-corrected chi connectivity index (χ0v) is 11.2. The van der Waals surface area contributed by atoms with Crippen LogP contribution in [0.2, 0.25) is 5.02 Å². The molecular formula is C13H19ClN2O. The van der Waals surface area contributed by atoms with Crippen LogP contribution in [0.1, 0.15) is 37.6 Å². The molecule has 3 nitrogen and oxygen atoms in total. The fraction of sp³-hybridized carbons (Fsp3) is 0.462. The Morgan fingerprint density at radius 2 is 2.06 bits per heavy atom. The van der Waals surface area contributed by atoms with Crippen molar-refractivity contribution in [3.05, 3.63) is 28.8 Å². The lowest BCUT2D eigenvalue weighted by Crippen LogP contribution is -2.33. The third-order valence-corrected chi connectivity index (χ3v) is 2.70. The van der Waals surface area contributed by atoms with Crippen molar-refractivity contribution in [1.29, 1.82) is 0 Å². The first-order valence-corrected chi connectivity index (χ1v) is 6.14. The second-order valence-corrected chi connectivity index (χ2v) is 5.17. The maximum Gasteiger partial charge on any atom is 0.253 e. The summed E-state index contributed by atoms with van der Waals surface area (Å²) in [6.45, 7) is 6.24. The van der Waals surface area contributed by atoms with Crippen LogP contribution >= 0.6 is 11.6 Å². The van der Waals surface area contributed by atoms with Crippen LogP contribution in [0.5, 0.6) is 0 Å². The molecule has 1 atom stereocenters. The van der Waals surface area contributed by atoms with Gasteiger partial charge in [0.2, 0.25) is 0 Å². The molecule has 0 bridgehead atoms. The molecule has 3 N–H and O–H groups in total. The normalized spacial score (nSPS) is 12.5. The van der Waals surface area contributed by atoms with Crippen molar-refractivity contribution in [2.24, 2.45) is 5.92 Å². The van der Waals surface area contributed by atoms with Crippen molar-refractivity contribution < 1.29 is 4.79 Å². The zero-order chi connectivity index (χ0) is 13.0. The number of benzene rings is 1. The van der Waals surface area contributed by atoms with E-state index in [1.807, 2.05) is 6.92 Å². The summed E-state index contributed by atoms with van der Waals surface area (Å²) in [5.74, 6) is 0.403. The average Bonchev–Trinajstić information content (AvgIpc) is 2.15. The van der Waals surface area contributed by atoms with Crippen molar-refractivity contribution in [2.45, 2.75) is 33.2 Å². The van der Waals surface area contributed by atoms with Gasteiger partial charge in [0.25, 0.3) is 5.91 Å². The number of carbonyl (C=O) groups excluding carboxylic acids is 1. The molecule has 1 amide bonds. The highest BCUT2D eigenvalue weighted by atomic mass is 35.5. The van der Waals surface area contributed by atoms with Crippen molar-refractivity contribution in [2.75, 3.05) is 5.73 Å². The first-order valence-electron chi connectivity index (χ1n) is 5.76.